The number of rotatable bonds is 8. The molecule has 0 aromatic heterocycles. The Morgan fingerprint density at radius 3 is 2.71 bits per heavy atom. The fraction of sp³-hybridized carbons (Fsp3) is 0.533. The Morgan fingerprint density at radius 1 is 1.18 bits per heavy atom. The van der Waals surface area contributed by atoms with Crippen LogP contribution in [0.2, 0.25) is 0 Å². The van der Waals surface area contributed by atoms with E-state index in [-0.39, 0.29) is 0 Å². The Hall–Kier alpha value is -1.31. The highest BCUT2D eigenvalue weighted by Crippen LogP contribution is 2.11. The third kappa shape index (κ3) is 6.10. The quantitative estimate of drug-likeness (QED) is 0.549. The lowest BCUT2D eigenvalue weighted by Gasteiger charge is -2.02. The molecule has 2 nitrogen and oxygen atoms in total. The van der Waals surface area contributed by atoms with Gasteiger partial charge >= 0.3 is 0 Å². The SMILES string of the molecule is CCCCCCC(=O)CCc1cccc(N)c1. The van der Waals surface area contributed by atoms with Gasteiger partial charge < -0.3 is 5.73 Å². The van der Waals surface area contributed by atoms with E-state index in [2.05, 4.69) is 6.92 Å². The summed E-state index contributed by atoms with van der Waals surface area (Å²) in [4.78, 5) is 11.6. The van der Waals surface area contributed by atoms with Crippen molar-refractivity contribution in [1.82, 2.24) is 0 Å². The number of nitrogen functional groups attached to an aromatic ring is 1. The Kier molecular flexibility index (Phi) is 6.38. The molecule has 0 aliphatic carbocycles. The van der Waals surface area contributed by atoms with Gasteiger partial charge in [0.25, 0.3) is 0 Å². The van der Waals surface area contributed by atoms with Crippen molar-refractivity contribution < 1.29 is 4.79 Å². The summed E-state index contributed by atoms with van der Waals surface area (Å²) in [5, 5.41) is 0. The molecular weight excluding hydrogens is 210 g/mol. The van der Waals surface area contributed by atoms with E-state index >= 15 is 0 Å². The molecule has 0 aliphatic rings. The summed E-state index contributed by atoms with van der Waals surface area (Å²) in [6, 6.07) is 7.79. The third-order valence-electron chi connectivity index (χ3n) is 2.95. The van der Waals surface area contributed by atoms with Crippen molar-refractivity contribution in [3.8, 4) is 0 Å². The first-order chi connectivity index (χ1) is 8.22. The summed E-state index contributed by atoms with van der Waals surface area (Å²) in [6.45, 7) is 2.18. The Morgan fingerprint density at radius 2 is 2.00 bits per heavy atom. The van der Waals surface area contributed by atoms with Crippen LogP contribution in [0.1, 0.15) is 51.0 Å². The van der Waals surface area contributed by atoms with Crippen molar-refractivity contribution in [2.75, 3.05) is 5.73 Å². The van der Waals surface area contributed by atoms with Crippen molar-refractivity contribution in [2.24, 2.45) is 0 Å². The number of benzene rings is 1. The summed E-state index contributed by atoms with van der Waals surface area (Å²) >= 11 is 0. The fourth-order valence-corrected chi connectivity index (χ4v) is 1.91. The molecule has 2 heteroatoms. The van der Waals surface area contributed by atoms with Crippen molar-refractivity contribution in [3.05, 3.63) is 29.8 Å². The zero-order valence-electron chi connectivity index (χ0n) is 10.7. The number of carbonyl (C=O) groups excluding carboxylic acids is 1. The Labute approximate surface area is 104 Å². The van der Waals surface area contributed by atoms with Crippen LogP contribution in [0.15, 0.2) is 24.3 Å². The lowest BCUT2D eigenvalue weighted by molar-refractivity contribution is -0.119. The van der Waals surface area contributed by atoms with Crippen molar-refractivity contribution in [2.45, 2.75) is 51.9 Å². The zero-order valence-corrected chi connectivity index (χ0v) is 10.7. The summed E-state index contributed by atoms with van der Waals surface area (Å²) in [6.07, 6.45) is 6.89. The fourth-order valence-electron chi connectivity index (χ4n) is 1.91. The average Bonchev–Trinajstić information content (AvgIpc) is 2.32. The largest absolute Gasteiger partial charge is 0.399 e. The molecule has 0 unspecified atom stereocenters. The first-order valence-electron chi connectivity index (χ1n) is 6.58. The second-order valence-corrected chi connectivity index (χ2v) is 4.59. The summed E-state index contributed by atoms with van der Waals surface area (Å²) in [5.41, 5.74) is 7.63. The number of unbranched alkanes of at least 4 members (excludes halogenated alkanes) is 3. The van der Waals surface area contributed by atoms with E-state index in [1.54, 1.807) is 0 Å². The van der Waals surface area contributed by atoms with Gasteiger partial charge in [-0.1, -0.05) is 38.3 Å². The number of hydrogen-bond donors (Lipinski definition) is 1. The molecular formula is C15H23NO. The maximum absolute atomic E-state index is 11.6. The van der Waals surface area contributed by atoms with E-state index < -0.39 is 0 Å². The topological polar surface area (TPSA) is 43.1 Å². The first-order valence-corrected chi connectivity index (χ1v) is 6.58. The minimum atomic E-state index is 0.378. The summed E-state index contributed by atoms with van der Waals surface area (Å²) < 4.78 is 0. The van der Waals surface area contributed by atoms with Gasteiger partial charge in [0.1, 0.15) is 5.78 Å². The van der Waals surface area contributed by atoms with Gasteiger partial charge in [-0.2, -0.15) is 0 Å². The zero-order chi connectivity index (χ0) is 12.5. The minimum Gasteiger partial charge on any atom is -0.399 e. The van der Waals surface area contributed by atoms with E-state index in [1.165, 1.54) is 19.3 Å². The van der Waals surface area contributed by atoms with E-state index in [1.807, 2.05) is 24.3 Å². The highest BCUT2D eigenvalue weighted by Gasteiger charge is 2.02. The molecule has 1 aromatic rings. The molecule has 0 saturated carbocycles. The van der Waals surface area contributed by atoms with E-state index in [4.69, 9.17) is 5.73 Å². The molecule has 94 valence electrons. The first kappa shape index (κ1) is 13.8. The summed E-state index contributed by atoms with van der Waals surface area (Å²) in [5.74, 6) is 0.378. The molecule has 0 spiro atoms. The van der Waals surface area contributed by atoms with Gasteiger partial charge in [-0.05, 0) is 30.5 Å². The maximum atomic E-state index is 11.6. The molecule has 0 bridgehead atoms. The minimum absolute atomic E-state index is 0.378. The highest BCUT2D eigenvalue weighted by molar-refractivity contribution is 5.78. The van der Waals surface area contributed by atoms with E-state index in [0.717, 1.165) is 30.5 Å². The van der Waals surface area contributed by atoms with Crippen LogP contribution in [0.5, 0.6) is 0 Å². The molecule has 0 fully saturated rings. The van der Waals surface area contributed by atoms with Crippen molar-refractivity contribution in [1.29, 1.82) is 0 Å². The number of Topliss-reactive ketones (excluding diaryl/α,β-unsaturated/α-hetero) is 1. The molecule has 0 aliphatic heterocycles. The van der Waals surface area contributed by atoms with Crippen LogP contribution >= 0.6 is 0 Å². The number of anilines is 1. The normalized spacial score (nSPS) is 10.4. The van der Waals surface area contributed by atoms with Crippen LogP contribution in [0.25, 0.3) is 0 Å². The van der Waals surface area contributed by atoms with Crippen molar-refractivity contribution in [3.63, 3.8) is 0 Å². The van der Waals surface area contributed by atoms with Crippen LogP contribution < -0.4 is 5.73 Å². The van der Waals surface area contributed by atoms with Crippen molar-refractivity contribution >= 4 is 11.5 Å². The second kappa shape index (κ2) is 7.88. The average molecular weight is 233 g/mol. The molecule has 1 aromatic carbocycles. The smallest absolute Gasteiger partial charge is 0.133 e. The molecule has 0 saturated heterocycles. The van der Waals surface area contributed by atoms with Gasteiger partial charge in [0.05, 0.1) is 0 Å². The Balaban J connectivity index is 2.19. The van der Waals surface area contributed by atoms with Crippen LogP contribution in [0.3, 0.4) is 0 Å². The van der Waals surface area contributed by atoms with Gasteiger partial charge in [0, 0.05) is 18.5 Å². The lowest BCUT2D eigenvalue weighted by atomic mass is 10.0. The van der Waals surface area contributed by atoms with E-state index in [0.29, 0.717) is 12.2 Å². The molecule has 1 rings (SSSR count). The predicted octanol–water partition coefficient (Wildman–Crippen LogP) is 3.74. The number of nitrogens with two attached hydrogens (primary N) is 1. The number of hydrogen-bond acceptors (Lipinski definition) is 2. The number of carbonyl (C=O) groups is 1. The molecule has 2 N–H and O–H groups in total. The molecule has 0 amide bonds. The maximum Gasteiger partial charge on any atom is 0.133 e. The summed E-state index contributed by atoms with van der Waals surface area (Å²) in [7, 11) is 0. The van der Waals surface area contributed by atoms with Gasteiger partial charge in [0.15, 0.2) is 0 Å². The monoisotopic (exact) mass is 233 g/mol. The van der Waals surface area contributed by atoms with Crippen LogP contribution in [0.4, 0.5) is 5.69 Å². The van der Waals surface area contributed by atoms with Gasteiger partial charge in [-0.3, -0.25) is 4.79 Å². The molecule has 0 radical (unpaired) electrons. The Bertz CT molecular complexity index is 347. The molecule has 17 heavy (non-hydrogen) atoms. The molecule has 0 atom stereocenters. The van der Waals surface area contributed by atoms with Crippen LogP contribution in [0, 0.1) is 0 Å². The van der Waals surface area contributed by atoms with Gasteiger partial charge in [0.2, 0.25) is 0 Å². The highest BCUT2D eigenvalue weighted by atomic mass is 16.1. The number of ketones is 1. The predicted molar refractivity (Wildman–Crippen MR) is 72.9 cm³/mol. The second-order valence-electron chi connectivity index (χ2n) is 4.59. The standard InChI is InChI=1S/C15H23NO/c1-2-3-4-5-9-15(17)11-10-13-7-6-8-14(16)12-13/h6-8,12H,2-5,9-11,16H2,1H3. The van der Waals surface area contributed by atoms with Crippen LogP contribution in [-0.4, -0.2) is 5.78 Å². The molecule has 0 heterocycles. The van der Waals surface area contributed by atoms with Gasteiger partial charge in [-0.15, -0.1) is 0 Å². The van der Waals surface area contributed by atoms with Gasteiger partial charge in [-0.25, -0.2) is 0 Å². The van der Waals surface area contributed by atoms with E-state index in [9.17, 15) is 4.79 Å². The lowest BCUT2D eigenvalue weighted by Crippen LogP contribution is -2.00. The van der Waals surface area contributed by atoms with Crippen LogP contribution in [-0.2, 0) is 11.2 Å². The third-order valence-corrected chi connectivity index (χ3v) is 2.95. The number of aryl methyl sites for hydroxylation is 1.